The molecule has 194 valence electrons. The van der Waals surface area contributed by atoms with E-state index in [-0.39, 0.29) is 46.2 Å². The number of hydrogen-bond acceptors (Lipinski definition) is 8. The Morgan fingerprint density at radius 2 is 2.00 bits per heavy atom. The molecule has 0 amide bonds. The number of rotatable bonds is 5. The summed E-state index contributed by atoms with van der Waals surface area (Å²) >= 11 is 6.32. The van der Waals surface area contributed by atoms with Crippen LogP contribution >= 0.6 is 11.6 Å². The van der Waals surface area contributed by atoms with Gasteiger partial charge in [-0.1, -0.05) is 11.6 Å². The number of benzene rings is 1. The molecule has 0 spiro atoms. The van der Waals surface area contributed by atoms with E-state index in [1.165, 1.54) is 12.3 Å². The van der Waals surface area contributed by atoms with Crippen LogP contribution in [-0.2, 0) is 15.1 Å². The molecule has 2 aromatic heterocycles. The molecule has 0 aliphatic carbocycles. The molecule has 4 atom stereocenters. The Morgan fingerprint density at radius 3 is 2.67 bits per heavy atom. The van der Waals surface area contributed by atoms with E-state index >= 15 is 4.39 Å². The number of aromatic nitrogens is 4. The van der Waals surface area contributed by atoms with Crippen molar-refractivity contribution in [2.75, 3.05) is 11.9 Å². The number of anilines is 1. The van der Waals surface area contributed by atoms with Crippen molar-refractivity contribution in [3.8, 4) is 11.3 Å². The van der Waals surface area contributed by atoms with Crippen molar-refractivity contribution in [2.24, 2.45) is 0 Å². The first-order chi connectivity index (χ1) is 16.8. The molecule has 36 heavy (non-hydrogen) atoms. The summed E-state index contributed by atoms with van der Waals surface area (Å²) in [6.07, 6.45) is -3.20. The SMILES string of the molecule is CC(C)n1c(C(C)(C)O)nc2c(F)cc(-c3nc(N[C@H]4[C@H](O)[C@@H]5OC[C@@H](O5)C4(F)F)ncc3Cl)cc21. The molecular weight excluding hydrogens is 503 g/mol. The van der Waals surface area contributed by atoms with Gasteiger partial charge in [-0.2, -0.15) is 0 Å². The van der Waals surface area contributed by atoms with Gasteiger partial charge in [-0.15, -0.1) is 0 Å². The van der Waals surface area contributed by atoms with Crippen LogP contribution < -0.4 is 5.32 Å². The number of nitrogens with zero attached hydrogens (tertiary/aromatic N) is 4. The second kappa shape index (κ2) is 8.52. The summed E-state index contributed by atoms with van der Waals surface area (Å²) in [5, 5.41) is 23.5. The molecule has 2 fully saturated rings. The third kappa shape index (κ3) is 4.01. The number of imidazole rings is 1. The average molecular weight is 528 g/mol. The van der Waals surface area contributed by atoms with Crippen LogP contribution in [-0.4, -0.2) is 66.8 Å². The van der Waals surface area contributed by atoms with Gasteiger partial charge in [-0.25, -0.2) is 28.1 Å². The number of halogens is 4. The monoisotopic (exact) mass is 527 g/mol. The number of hydrogen-bond donors (Lipinski definition) is 3. The van der Waals surface area contributed by atoms with Crippen molar-refractivity contribution in [1.29, 1.82) is 0 Å². The van der Waals surface area contributed by atoms with Crippen LogP contribution in [0.25, 0.3) is 22.3 Å². The molecule has 9 nitrogen and oxygen atoms in total. The highest BCUT2D eigenvalue weighted by molar-refractivity contribution is 6.33. The van der Waals surface area contributed by atoms with Crippen LogP contribution in [0.2, 0.25) is 5.02 Å². The van der Waals surface area contributed by atoms with Gasteiger partial charge in [-0.3, -0.25) is 0 Å². The Kier molecular flexibility index (Phi) is 5.95. The lowest BCUT2D eigenvalue weighted by Gasteiger charge is -2.38. The van der Waals surface area contributed by atoms with E-state index in [1.807, 2.05) is 13.8 Å². The van der Waals surface area contributed by atoms with Crippen molar-refractivity contribution in [1.82, 2.24) is 19.5 Å². The summed E-state index contributed by atoms with van der Waals surface area (Å²) < 4.78 is 56.8. The van der Waals surface area contributed by atoms with E-state index in [0.717, 1.165) is 0 Å². The van der Waals surface area contributed by atoms with Gasteiger partial charge in [0, 0.05) is 11.6 Å². The predicted molar refractivity (Wildman–Crippen MR) is 124 cm³/mol. The number of aliphatic hydroxyl groups excluding tert-OH is 1. The van der Waals surface area contributed by atoms with Gasteiger partial charge >= 0.3 is 0 Å². The number of nitrogens with one attached hydrogen (secondary N) is 1. The van der Waals surface area contributed by atoms with Crippen molar-refractivity contribution in [2.45, 2.75) is 69.8 Å². The molecule has 5 rings (SSSR count). The minimum atomic E-state index is -3.47. The fourth-order valence-electron chi connectivity index (χ4n) is 4.59. The fraction of sp³-hybridized carbons (Fsp3) is 0.522. The number of fused-ring (bicyclic) bond motifs is 3. The maximum Gasteiger partial charge on any atom is 0.298 e. The maximum atomic E-state index is 15.2. The van der Waals surface area contributed by atoms with Crippen LogP contribution in [0.15, 0.2) is 18.3 Å². The van der Waals surface area contributed by atoms with Gasteiger partial charge in [-0.05, 0) is 39.8 Å². The zero-order chi connectivity index (χ0) is 26.2. The minimum Gasteiger partial charge on any atom is -0.385 e. The van der Waals surface area contributed by atoms with Gasteiger partial charge in [0.2, 0.25) is 5.95 Å². The van der Waals surface area contributed by atoms with E-state index in [1.54, 1.807) is 24.5 Å². The maximum absolute atomic E-state index is 15.2. The minimum absolute atomic E-state index is 0.0558. The van der Waals surface area contributed by atoms with Crippen LogP contribution in [0.4, 0.5) is 19.1 Å². The first-order valence-corrected chi connectivity index (χ1v) is 11.7. The summed E-state index contributed by atoms with van der Waals surface area (Å²) in [5.74, 6) is -4.10. The highest BCUT2D eigenvalue weighted by Gasteiger charge is 2.62. The average Bonchev–Trinajstić information content (AvgIpc) is 3.41. The Balaban J connectivity index is 1.57. The molecule has 2 saturated heterocycles. The second-order valence-corrected chi connectivity index (χ2v) is 10.2. The van der Waals surface area contributed by atoms with Crippen LogP contribution in [0.3, 0.4) is 0 Å². The normalized spacial score (nSPS) is 25.6. The molecule has 2 aliphatic heterocycles. The molecular formula is C23H25ClF3N5O4. The van der Waals surface area contributed by atoms with E-state index in [2.05, 4.69) is 20.3 Å². The molecule has 0 radical (unpaired) electrons. The molecule has 3 aromatic rings. The summed E-state index contributed by atoms with van der Waals surface area (Å²) in [7, 11) is 0. The molecule has 13 heteroatoms. The first kappa shape index (κ1) is 25.2. The van der Waals surface area contributed by atoms with E-state index in [4.69, 9.17) is 21.1 Å². The Hall–Kier alpha value is -2.51. The van der Waals surface area contributed by atoms with Gasteiger partial charge in [0.1, 0.15) is 35.2 Å². The van der Waals surface area contributed by atoms with Crippen LogP contribution in [0.1, 0.15) is 39.6 Å². The highest BCUT2D eigenvalue weighted by atomic mass is 35.5. The molecule has 0 unspecified atom stereocenters. The summed E-state index contributed by atoms with van der Waals surface area (Å²) in [5.41, 5.74) is -0.532. The number of ether oxygens (including phenoxy) is 2. The Labute approximate surface area is 209 Å². The van der Waals surface area contributed by atoms with Crippen molar-refractivity contribution < 1.29 is 32.9 Å². The van der Waals surface area contributed by atoms with E-state index in [9.17, 15) is 19.0 Å². The Morgan fingerprint density at radius 1 is 1.28 bits per heavy atom. The van der Waals surface area contributed by atoms with Gasteiger partial charge in [0.25, 0.3) is 5.92 Å². The second-order valence-electron chi connectivity index (χ2n) is 9.79. The first-order valence-electron chi connectivity index (χ1n) is 11.4. The van der Waals surface area contributed by atoms with Gasteiger partial charge in [0.15, 0.2) is 12.1 Å². The molecule has 3 N–H and O–H groups in total. The predicted octanol–water partition coefficient (Wildman–Crippen LogP) is 3.63. The summed E-state index contributed by atoms with van der Waals surface area (Å²) in [4.78, 5) is 12.6. The van der Waals surface area contributed by atoms with Crippen molar-refractivity contribution >= 4 is 28.6 Å². The standard InChI is InChI=1S/C23H25ClF3N5O4/c1-9(2)32-13-6-10(5-12(25)16(13)29-20(32)22(3,4)34)15-11(24)7-28-21(30-15)31-18-17(33)19-35-8-14(36-19)23(18,26)27/h5-7,9,14,17-19,33-34H,8H2,1-4H3,(H,28,30,31)/t14-,17+,18+,19-/m1/s1. The van der Waals surface area contributed by atoms with Crippen molar-refractivity contribution in [3.05, 3.63) is 35.0 Å². The zero-order valence-electron chi connectivity index (χ0n) is 19.8. The molecule has 0 saturated carbocycles. The lowest BCUT2D eigenvalue weighted by Crippen LogP contribution is -2.61. The molecule has 4 heterocycles. The number of aliphatic hydroxyl groups is 2. The van der Waals surface area contributed by atoms with Crippen LogP contribution in [0.5, 0.6) is 0 Å². The lowest BCUT2D eigenvalue weighted by atomic mass is 9.97. The van der Waals surface area contributed by atoms with E-state index in [0.29, 0.717) is 5.52 Å². The Bertz CT molecular complexity index is 1330. The summed E-state index contributed by atoms with van der Waals surface area (Å²) in [6.45, 7) is 6.51. The highest BCUT2D eigenvalue weighted by Crippen LogP contribution is 2.41. The van der Waals surface area contributed by atoms with Gasteiger partial charge < -0.3 is 29.6 Å². The fourth-order valence-corrected chi connectivity index (χ4v) is 4.79. The lowest BCUT2D eigenvalue weighted by molar-refractivity contribution is -0.236. The van der Waals surface area contributed by atoms with Gasteiger partial charge in [0.05, 0.1) is 29.0 Å². The third-order valence-electron chi connectivity index (χ3n) is 6.29. The number of alkyl halides is 2. The molecule has 2 aliphatic rings. The molecule has 1 aromatic carbocycles. The van der Waals surface area contributed by atoms with Crippen molar-refractivity contribution in [3.63, 3.8) is 0 Å². The topological polar surface area (TPSA) is 115 Å². The van der Waals surface area contributed by atoms with Crippen LogP contribution in [0, 0.1) is 5.82 Å². The zero-order valence-corrected chi connectivity index (χ0v) is 20.6. The quantitative estimate of drug-likeness (QED) is 0.461. The smallest absolute Gasteiger partial charge is 0.298 e. The molecule has 2 bridgehead atoms. The summed E-state index contributed by atoms with van der Waals surface area (Å²) in [6, 6.07) is 0.843. The van der Waals surface area contributed by atoms with E-state index < -0.39 is 41.9 Å². The largest absolute Gasteiger partial charge is 0.385 e. The third-order valence-corrected chi connectivity index (χ3v) is 6.57.